The number of H-pyrrole nitrogens is 1. The second-order valence-corrected chi connectivity index (χ2v) is 6.26. The number of hydrogen-bond donors (Lipinski definition) is 3. The lowest BCUT2D eigenvalue weighted by Gasteiger charge is -2.29. The SMILES string of the molecule is NCCCC(O)(c1ccc(Cl)cc1)c1ccc(-c2cn[nH]c2)cc1. The van der Waals surface area contributed by atoms with Gasteiger partial charge in [-0.1, -0.05) is 48.0 Å². The van der Waals surface area contributed by atoms with Gasteiger partial charge in [0.25, 0.3) is 0 Å². The summed E-state index contributed by atoms with van der Waals surface area (Å²) in [4.78, 5) is 0. The number of benzene rings is 2. The van der Waals surface area contributed by atoms with Crippen LogP contribution in [0.5, 0.6) is 0 Å². The fraction of sp³-hybridized carbons (Fsp3) is 0.211. The second-order valence-electron chi connectivity index (χ2n) is 5.82. The maximum absolute atomic E-state index is 11.4. The van der Waals surface area contributed by atoms with E-state index in [9.17, 15) is 5.11 Å². The highest BCUT2D eigenvalue weighted by Gasteiger charge is 2.30. The Morgan fingerprint density at radius 1 is 1.00 bits per heavy atom. The van der Waals surface area contributed by atoms with Gasteiger partial charge in [0.2, 0.25) is 0 Å². The van der Waals surface area contributed by atoms with E-state index in [0.29, 0.717) is 18.0 Å². The van der Waals surface area contributed by atoms with Crippen LogP contribution in [0.25, 0.3) is 11.1 Å². The molecule has 1 unspecified atom stereocenters. The van der Waals surface area contributed by atoms with E-state index in [0.717, 1.165) is 28.7 Å². The minimum Gasteiger partial charge on any atom is -0.380 e. The van der Waals surface area contributed by atoms with E-state index >= 15 is 0 Å². The summed E-state index contributed by atoms with van der Waals surface area (Å²) in [7, 11) is 0. The number of nitrogens with two attached hydrogens (primary N) is 1. The van der Waals surface area contributed by atoms with E-state index in [4.69, 9.17) is 17.3 Å². The topological polar surface area (TPSA) is 74.9 Å². The molecule has 3 aromatic rings. The second kappa shape index (κ2) is 7.18. The molecule has 4 N–H and O–H groups in total. The molecule has 0 bridgehead atoms. The molecule has 0 fully saturated rings. The molecule has 124 valence electrons. The molecule has 1 heterocycles. The van der Waals surface area contributed by atoms with Crippen LogP contribution in [-0.2, 0) is 5.60 Å². The first kappa shape index (κ1) is 16.7. The van der Waals surface area contributed by atoms with E-state index in [1.54, 1.807) is 18.3 Å². The molecule has 0 radical (unpaired) electrons. The lowest BCUT2D eigenvalue weighted by molar-refractivity contribution is 0.0694. The van der Waals surface area contributed by atoms with Crippen LogP contribution in [0.4, 0.5) is 0 Å². The summed E-state index contributed by atoms with van der Waals surface area (Å²) in [5, 5.41) is 18.8. The summed E-state index contributed by atoms with van der Waals surface area (Å²) in [5.41, 5.74) is 8.29. The van der Waals surface area contributed by atoms with E-state index in [1.807, 2.05) is 42.6 Å². The molecule has 24 heavy (non-hydrogen) atoms. The van der Waals surface area contributed by atoms with Gasteiger partial charge in [-0.2, -0.15) is 5.10 Å². The Hall–Kier alpha value is -2.14. The predicted molar refractivity (Wildman–Crippen MR) is 96.8 cm³/mol. The number of nitrogens with zero attached hydrogens (tertiary/aromatic N) is 1. The third kappa shape index (κ3) is 3.36. The van der Waals surface area contributed by atoms with Crippen LogP contribution in [-0.4, -0.2) is 21.8 Å². The zero-order chi connectivity index (χ0) is 17.0. The van der Waals surface area contributed by atoms with Crippen LogP contribution in [0.2, 0.25) is 5.02 Å². The van der Waals surface area contributed by atoms with Crippen LogP contribution < -0.4 is 5.73 Å². The molecular formula is C19H20ClN3O. The van der Waals surface area contributed by atoms with Gasteiger partial charge in [0, 0.05) is 16.8 Å². The molecule has 0 aliphatic heterocycles. The van der Waals surface area contributed by atoms with E-state index < -0.39 is 5.60 Å². The molecule has 0 aliphatic carbocycles. The molecule has 0 aliphatic rings. The van der Waals surface area contributed by atoms with Gasteiger partial charge in [-0.05, 0) is 48.2 Å². The number of aromatic nitrogens is 2. The predicted octanol–water partition coefficient (Wildman–Crippen LogP) is 3.70. The average Bonchev–Trinajstić information content (AvgIpc) is 3.15. The molecule has 1 atom stereocenters. The number of rotatable bonds is 6. The van der Waals surface area contributed by atoms with Crippen molar-refractivity contribution in [3.8, 4) is 11.1 Å². The highest BCUT2D eigenvalue weighted by atomic mass is 35.5. The van der Waals surface area contributed by atoms with Crippen molar-refractivity contribution in [3.05, 3.63) is 77.1 Å². The quantitative estimate of drug-likeness (QED) is 0.640. The molecule has 3 rings (SSSR count). The van der Waals surface area contributed by atoms with Crippen molar-refractivity contribution >= 4 is 11.6 Å². The number of nitrogens with one attached hydrogen (secondary N) is 1. The fourth-order valence-electron chi connectivity index (χ4n) is 2.89. The third-order valence-corrected chi connectivity index (χ3v) is 4.51. The van der Waals surface area contributed by atoms with Gasteiger partial charge in [0.15, 0.2) is 0 Å². The first-order valence-corrected chi connectivity index (χ1v) is 8.29. The standard InChI is InChI=1S/C19H20ClN3O/c20-18-8-6-17(7-9-18)19(24,10-1-11-21)16-4-2-14(3-5-16)15-12-22-23-13-15/h2-9,12-13,24H,1,10-11,21H2,(H,22,23). The van der Waals surface area contributed by atoms with Gasteiger partial charge < -0.3 is 10.8 Å². The molecular weight excluding hydrogens is 322 g/mol. The molecule has 1 aromatic heterocycles. The summed E-state index contributed by atoms with van der Waals surface area (Å²) in [6.45, 7) is 0.531. The molecule has 5 heteroatoms. The van der Waals surface area contributed by atoms with Crippen LogP contribution >= 0.6 is 11.6 Å². The van der Waals surface area contributed by atoms with Crippen molar-refractivity contribution in [2.24, 2.45) is 5.73 Å². The number of halogens is 1. The molecule has 0 spiro atoms. The summed E-state index contributed by atoms with van der Waals surface area (Å²) in [5.74, 6) is 0. The largest absolute Gasteiger partial charge is 0.380 e. The Balaban J connectivity index is 1.97. The van der Waals surface area contributed by atoms with Crippen molar-refractivity contribution in [1.29, 1.82) is 0 Å². The first-order chi connectivity index (χ1) is 11.6. The summed E-state index contributed by atoms with van der Waals surface area (Å²) < 4.78 is 0. The van der Waals surface area contributed by atoms with Gasteiger partial charge in [-0.3, -0.25) is 5.10 Å². The zero-order valence-electron chi connectivity index (χ0n) is 13.2. The summed E-state index contributed by atoms with van der Waals surface area (Å²) >= 11 is 5.98. The van der Waals surface area contributed by atoms with E-state index in [1.165, 1.54) is 0 Å². The van der Waals surface area contributed by atoms with Crippen molar-refractivity contribution < 1.29 is 5.11 Å². The lowest BCUT2D eigenvalue weighted by atomic mass is 9.82. The highest BCUT2D eigenvalue weighted by Crippen LogP contribution is 2.35. The van der Waals surface area contributed by atoms with Gasteiger partial charge in [0.1, 0.15) is 5.60 Å². The zero-order valence-corrected chi connectivity index (χ0v) is 14.0. The normalized spacial score (nSPS) is 13.6. The van der Waals surface area contributed by atoms with Crippen LogP contribution in [0.3, 0.4) is 0 Å². The van der Waals surface area contributed by atoms with Crippen molar-refractivity contribution in [2.45, 2.75) is 18.4 Å². The number of aliphatic hydroxyl groups is 1. The van der Waals surface area contributed by atoms with Crippen LogP contribution in [0, 0.1) is 0 Å². The molecule has 2 aromatic carbocycles. The molecule has 0 saturated carbocycles. The highest BCUT2D eigenvalue weighted by molar-refractivity contribution is 6.30. The summed E-state index contributed by atoms with van der Waals surface area (Å²) in [6.07, 6.45) is 4.89. The lowest BCUT2D eigenvalue weighted by Crippen LogP contribution is -2.28. The van der Waals surface area contributed by atoms with Crippen molar-refractivity contribution in [2.75, 3.05) is 6.54 Å². The Kier molecular flexibility index (Phi) is 5.00. The van der Waals surface area contributed by atoms with Crippen molar-refractivity contribution in [3.63, 3.8) is 0 Å². The first-order valence-electron chi connectivity index (χ1n) is 7.91. The Labute approximate surface area is 146 Å². The summed E-state index contributed by atoms with van der Waals surface area (Å²) in [6, 6.07) is 15.2. The monoisotopic (exact) mass is 341 g/mol. The van der Waals surface area contributed by atoms with Gasteiger partial charge in [0.05, 0.1) is 6.20 Å². The number of hydrogen-bond acceptors (Lipinski definition) is 3. The Morgan fingerprint density at radius 3 is 2.17 bits per heavy atom. The number of aromatic amines is 1. The Bertz CT molecular complexity index is 769. The molecule has 0 saturated heterocycles. The maximum Gasteiger partial charge on any atom is 0.115 e. The minimum atomic E-state index is -1.08. The third-order valence-electron chi connectivity index (χ3n) is 4.26. The van der Waals surface area contributed by atoms with Gasteiger partial charge in [-0.25, -0.2) is 0 Å². The molecule has 4 nitrogen and oxygen atoms in total. The van der Waals surface area contributed by atoms with Crippen molar-refractivity contribution in [1.82, 2.24) is 10.2 Å². The van der Waals surface area contributed by atoms with Gasteiger partial charge >= 0.3 is 0 Å². The smallest absolute Gasteiger partial charge is 0.115 e. The fourth-order valence-corrected chi connectivity index (χ4v) is 3.01. The van der Waals surface area contributed by atoms with Crippen LogP contribution in [0.1, 0.15) is 24.0 Å². The Morgan fingerprint density at radius 2 is 1.62 bits per heavy atom. The van der Waals surface area contributed by atoms with E-state index in [-0.39, 0.29) is 0 Å². The van der Waals surface area contributed by atoms with E-state index in [2.05, 4.69) is 10.2 Å². The average molecular weight is 342 g/mol. The maximum atomic E-state index is 11.4. The minimum absolute atomic E-state index is 0.531. The van der Waals surface area contributed by atoms with Gasteiger partial charge in [-0.15, -0.1) is 0 Å². The van der Waals surface area contributed by atoms with Crippen LogP contribution in [0.15, 0.2) is 60.9 Å². The molecule has 0 amide bonds.